The summed E-state index contributed by atoms with van der Waals surface area (Å²) in [6, 6.07) is 8.18. The molecule has 1 saturated heterocycles. The van der Waals surface area contributed by atoms with Crippen LogP contribution in [0.25, 0.3) is 6.08 Å². The summed E-state index contributed by atoms with van der Waals surface area (Å²) in [5.41, 5.74) is 0.729. The number of rotatable bonds is 5. The maximum absolute atomic E-state index is 13.2. The van der Waals surface area contributed by atoms with Crippen LogP contribution in [0.15, 0.2) is 45.8 Å². The number of halogens is 2. The molecule has 1 fully saturated rings. The van der Waals surface area contributed by atoms with Crippen LogP contribution in [-0.2, 0) is 9.59 Å². The van der Waals surface area contributed by atoms with Crippen molar-refractivity contribution >= 4 is 56.5 Å². The topological polar surface area (TPSA) is 95.9 Å². The Kier molecular flexibility index (Phi) is 6.23. The van der Waals surface area contributed by atoms with E-state index in [9.17, 15) is 23.9 Å². The maximum Gasteiger partial charge on any atom is 0.294 e. The molecule has 0 saturated carbocycles. The zero-order valence-corrected chi connectivity index (χ0v) is 17.3. The van der Waals surface area contributed by atoms with Crippen LogP contribution in [0.5, 0.6) is 11.5 Å². The van der Waals surface area contributed by atoms with E-state index in [1.165, 1.54) is 43.5 Å². The summed E-state index contributed by atoms with van der Waals surface area (Å²) >= 11 is 3.97. The van der Waals surface area contributed by atoms with E-state index in [4.69, 9.17) is 4.74 Å². The van der Waals surface area contributed by atoms with Crippen LogP contribution in [0.4, 0.5) is 14.9 Å². The van der Waals surface area contributed by atoms with Gasteiger partial charge in [-0.2, -0.15) is 0 Å². The number of nitrogens with one attached hydrogen (secondary N) is 1. The fraction of sp³-hybridized carbons (Fsp3) is 0.105. The van der Waals surface area contributed by atoms with Crippen LogP contribution in [0.1, 0.15) is 5.56 Å². The molecule has 0 radical (unpaired) electrons. The number of anilines is 1. The molecule has 10 heteroatoms. The predicted molar refractivity (Wildman–Crippen MR) is 110 cm³/mol. The van der Waals surface area contributed by atoms with Gasteiger partial charge in [-0.05, 0) is 53.7 Å². The number of hydrogen-bond donors (Lipinski definition) is 2. The first-order chi connectivity index (χ1) is 13.8. The molecule has 2 aromatic rings. The number of methoxy groups -OCH3 is 1. The molecular weight excluding hydrogens is 467 g/mol. The molecule has 29 heavy (non-hydrogen) atoms. The van der Waals surface area contributed by atoms with Crippen molar-refractivity contribution in [1.29, 1.82) is 0 Å². The van der Waals surface area contributed by atoms with Gasteiger partial charge in [0.05, 0.1) is 12.0 Å². The number of phenols is 1. The number of benzene rings is 2. The molecule has 0 unspecified atom stereocenters. The molecule has 1 aliphatic rings. The van der Waals surface area contributed by atoms with Crippen LogP contribution in [-0.4, -0.2) is 40.7 Å². The van der Waals surface area contributed by atoms with Gasteiger partial charge in [-0.25, -0.2) is 4.39 Å². The normalized spacial score (nSPS) is 15.1. The highest BCUT2D eigenvalue weighted by atomic mass is 79.9. The van der Waals surface area contributed by atoms with Crippen LogP contribution in [0.3, 0.4) is 0 Å². The van der Waals surface area contributed by atoms with Crippen molar-refractivity contribution in [3.8, 4) is 11.5 Å². The molecule has 0 aliphatic carbocycles. The van der Waals surface area contributed by atoms with Crippen molar-refractivity contribution in [3.05, 3.63) is 57.2 Å². The molecule has 2 aromatic carbocycles. The standard InChI is InChI=1S/C19H14BrFN2O5S/c1-28-15-5-10(13(20)8-14(15)24)6-16-18(26)23(19(27)29-16)9-17(25)22-12-4-2-3-11(21)7-12/h2-8,24H,9H2,1H3,(H,22,25)/b16-6+. The molecule has 0 bridgehead atoms. The lowest BCUT2D eigenvalue weighted by atomic mass is 10.2. The number of nitrogens with zero attached hydrogens (tertiary/aromatic N) is 1. The van der Waals surface area contributed by atoms with Gasteiger partial charge in [-0.3, -0.25) is 19.3 Å². The van der Waals surface area contributed by atoms with E-state index in [1.807, 2.05) is 0 Å². The molecule has 2 N–H and O–H groups in total. The second-order valence-corrected chi connectivity index (χ2v) is 7.72. The lowest BCUT2D eigenvalue weighted by Gasteiger charge is -2.12. The highest BCUT2D eigenvalue weighted by molar-refractivity contribution is 9.10. The second kappa shape index (κ2) is 8.66. The largest absolute Gasteiger partial charge is 0.504 e. The van der Waals surface area contributed by atoms with Gasteiger partial charge < -0.3 is 15.2 Å². The monoisotopic (exact) mass is 480 g/mol. The average molecular weight is 481 g/mol. The first-order valence-corrected chi connectivity index (χ1v) is 9.76. The van der Waals surface area contributed by atoms with E-state index in [-0.39, 0.29) is 22.1 Å². The summed E-state index contributed by atoms with van der Waals surface area (Å²) in [6.07, 6.45) is 1.46. The van der Waals surface area contributed by atoms with Crippen LogP contribution in [0, 0.1) is 5.82 Å². The molecule has 1 aliphatic heterocycles. The number of imide groups is 1. The summed E-state index contributed by atoms with van der Waals surface area (Å²) < 4.78 is 18.7. The van der Waals surface area contributed by atoms with Gasteiger partial charge in [-0.1, -0.05) is 22.0 Å². The van der Waals surface area contributed by atoms with Gasteiger partial charge >= 0.3 is 0 Å². The van der Waals surface area contributed by atoms with Crippen molar-refractivity contribution in [2.75, 3.05) is 19.0 Å². The Bertz CT molecular complexity index is 1040. The van der Waals surface area contributed by atoms with Crippen LogP contribution in [0.2, 0.25) is 0 Å². The minimum absolute atomic E-state index is 0.0846. The Labute approximate surface area is 177 Å². The SMILES string of the molecule is COc1cc(/C=C2/SC(=O)N(CC(=O)Nc3cccc(F)c3)C2=O)c(Br)cc1O. The fourth-order valence-corrected chi connectivity index (χ4v) is 3.80. The van der Waals surface area contributed by atoms with Gasteiger partial charge in [0.25, 0.3) is 11.1 Å². The van der Waals surface area contributed by atoms with E-state index in [0.29, 0.717) is 21.8 Å². The van der Waals surface area contributed by atoms with E-state index in [1.54, 1.807) is 0 Å². The quantitative estimate of drug-likeness (QED) is 0.628. The minimum Gasteiger partial charge on any atom is -0.504 e. The Morgan fingerprint density at radius 1 is 1.34 bits per heavy atom. The summed E-state index contributed by atoms with van der Waals surface area (Å²) in [7, 11) is 1.39. The zero-order chi connectivity index (χ0) is 21.1. The third kappa shape index (κ3) is 4.77. The summed E-state index contributed by atoms with van der Waals surface area (Å²) in [4.78, 5) is 37.8. The first-order valence-electron chi connectivity index (χ1n) is 8.15. The Morgan fingerprint density at radius 3 is 2.79 bits per heavy atom. The zero-order valence-electron chi connectivity index (χ0n) is 14.9. The molecule has 3 amide bonds. The van der Waals surface area contributed by atoms with Gasteiger partial charge in [0.1, 0.15) is 12.4 Å². The van der Waals surface area contributed by atoms with E-state index in [0.717, 1.165) is 11.0 Å². The van der Waals surface area contributed by atoms with Crippen molar-refractivity contribution in [2.45, 2.75) is 0 Å². The van der Waals surface area contributed by atoms with Crippen LogP contribution < -0.4 is 10.1 Å². The maximum atomic E-state index is 13.2. The lowest BCUT2D eigenvalue weighted by Crippen LogP contribution is -2.36. The van der Waals surface area contributed by atoms with Gasteiger partial charge in [0.2, 0.25) is 5.91 Å². The lowest BCUT2D eigenvalue weighted by molar-refractivity contribution is -0.127. The molecule has 0 spiro atoms. The van der Waals surface area contributed by atoms with Crippen molar-refractivity contribution in [3.63, 3.8) is 0 Å². The fourth-order valence-electron chi connectivity index (χ4n) is 2.52. The van der Waals surface area contributed by atoms with Crippen molar-refractivity contribution in [1.82, 2.24) is 4.90 Å². The molecule has 0 atom stereocenters. The molecular formula is C19H14BrFN2O5S. The van der Waals surface area contributed by atoms with Crippen LogP contribution >= 0.6 is 27.7 Å². The van der Waals surface area contributed by atoms with Gasteiger partial charge in [0, 0.05) is 10.2 Å². The van der Waals surface area contributed by atoms with Gasteiger partial charge in [0.15, 0.2) is 11.5 Å². The highest BCUT2D eigenvalue weighted by Gasteiger charge is 2.36. The summed E-state index contributed by atoms with van der Waals surface area (Å²) in [6.45, 7) is -0.501. The molecule has 150 valence electrons. The predicted octanol–water partition coefficient (Wildman–Crippen LogP) is 3.98. The van der Waals surface area contributed by atoms with E-state index >= 15 is 0 Å². The third-order valence-corrected chi connectivity index (χ3v) is 5.46. The van der Waals surface area contributed by atoms with E-state index < -0.39 is 29.4 Å². The van der Waals surface area contributed by atoms with Gasteiger partial charge in [-0.15, -0.1) is 0 Å². The number of aromatic hydroxyl groups is 1. The summed E-state index contributed by atoms with van der Waals surface area (Å²) in [5, 5.41) is 11.6. The third-order valence-electron chi connectivity index (χ3n) is 3.87. The molecule has 3 rings (SSSR count). The van der Waals surface area contributed by atoms with E-state index in [2.05, 4.69) is 21.2 Å². The molecule has 0 aromatic heterocycles. The summed E-state index contributed by atoms with van der Waals surface area (Å²) in [5.74, 6) is -1.67. The molecule has 1 heterocycles. The highest BCUT2D eigenvalue weighted by Crippen LogP contribution is 2.37. The Hall–Kier alpha value is -2.85. The Morgan fingerprint density at radius 2 is 2.10 bits per heavy atom. The molecule has 7 nitrogen and oxygen atoms in total. The Balaban J connectivity index is 1.76. The van der Waals surface area contributed by atoms with Crippen molar-refractivity contribution in [2.24, 2.45) is 0 Å². The number of ether oxygens (including phenoxy) is 1. The average Bonchev–Trinajstić information content (AvgIpc) is 2.91. The number of carbonyl (C=O) groups excluding carboxylic acids is 3. The number of amides is 3. The number of thioether (sulfide) groups is 1. The smallest absolute Gasteiger partial charge is 0.294 e. The second-order valence-electron chi connectivity index (χ2n) is 5.87. The number of phenolic OH excluding ortho intramolecular Hbond substituents is 1. The first kappa shape index (κ1) is 20.9. The minimum atomic E-state index is -0.633. The van der Waals surface area contributed by atoms with Crippen molar-refractivity contribution < 1.29 is 28.6 Å². The number of carbonyl (C=O) groups is 3. The number of hydrogen-bond acceptors (Lipinski definition) is 6.